The van der Waals surface area contributed by atoms with Crippen molar-refractivity contribution in [1.82, 2.24) is 15.0 Å². The van der Waals surface area contributed by atoms with Gasteiger partial charge >= 0.3 is 0 Å². The Bertz CT molecular complexity index is 1510. The highest BCUT2D eigenvalue weighted by Gasteiger charge is 2.18. The molecule has 2 aromatic carbocycles. The zero-order chi connectivity index (χ0) is 27.8. The van der Waals surface area contributed by atoms with Crippen LogP contribution >= 0.6 is 0 Å². The summed E-state index contributed by atoms with van der Waals surface area (Å²) >= 11 is 0. The van der Waals surface area contributed by atoms with Crippen molar-refractivity contribution in [3.63, 3.8) is 0 Å². The molecule has 4 aromatic rings. The zero-order valence-corrected chi connectivity index (χ0v) is 21.8. The van der Waals surface area contributed by atoms with Gasteiger partial charge in [-0.25, -0.2) is 19.2 Å². The monoisotopic (exact) mass is 524 g/mol. The average molecular weight is 525 g/mol. The van der Waals surface area contributed by atoms with Crippen molar-refractivity contribution in [3.8, 4) is 28.3 Å². The van der Waals surface area contributed by atoms with Crippen molar-refractivity contribution < 1.29 is 13.9 Å². The smallest absolute Gasteiger partial charge is 0.274 e. The van der Waals surface area contributed by atoms with Gasteiger partial charge in [-0.15, -0.1) is 0 Å². The van der Waals surface area contributed by atoms with E-state index in [0.717, 1.165) is 5.92 Å². The molecule has 1 aliphatic carbocycles. The van der Waals surface area contributed by atoms with Crippen LogP contribution in [0.1, 0.15) is 43.1 Å². The minimum Gasteiger partial charge on any atom is -0.496 e. The second-order valence-corrected chi connectivity index (χ2v) is 9.23. The summed E-state index contributed by atoms with van der Waals surface area (Å²) in [4.78, 5) is 28.6. The molecule has 1 amide bonds. The van der Waals surface area contributed by atoms with Gasteiger partial charge in [0.25, 0.3) is 5.91 Å². The van der Waals surface area contributed by atoms with Gasteiger partial charge in [0.05, 0.1) is 30.6 Å². The summed E-state index contributed by atoms with van der Waals surface area (Å²) < 4.78 is 19.6. The molecule has 0 aliphatic heterocycles. The molecule has 5 rings (SSSR count). The van der Waals surface area contributed by atoms with Crippen LogP contribution in [0.5, 0.6) is 5.75 Å². The SMILES string of the molecule is CC1CCCC1.[C-]#[N+]c1ccncc1-c1ccc(NC(=O)c2ccnc(-c3c(F)cccc3OC)n2)c(N)c1. The lowest BCUT2D eigenvalue weighted by Crippen LogP contribution is -2.15. The highest BCUT2D eigenvalue weighted by Crippen LogP contribution is 2.33. The van der Waals surface area contributed by atoms with Crippen molar-refractivity contribution in [1.29, 1.82) is 0 Å². The summed E-state index contributed by atoms with van der Waals surface area (Å²) in [5.41, 5.74) is 8.66. The Morgan fingerprint density at radius 1 is 1.15 bits per heavy atom. The number of hydrogen-bond donors (Lipinski definition) is 2. The molecule has 0 spiro atoms. The Hall–Kier alpha value is -4.84. The van der Waals surface area contributed by atoms with Crippen LogP contribution in [-0.2, 0) is 0 Å². The van der Waals surface area contributed by atoms with E-state index in [-0.39, 0.29) is 22.8 Å². The molecule has 1 fully saturated rings. The van der Waals surface area contributed by atoms with E-state index >= 15 is 0 Å². The van der Waals surface area contributed by atoms with Crippen LogP contribution in [0, 0.1) is 18.3 Å². The van der Waals surface area contributed by atoms with Gasteiger partial charge in [-0.3, -0.25) is 9.78 Å². The third-order valence-electron chi connectivity index (χ3n) is 6.48. The molecule has 9 heteroatoms. The number of carbonyl (C=O) groups excluding carboxylic acids is 1. The first-order valence-corrected chi connectivity index (χ1v) is 12.6. The first kappa shape index (κ1) is 27.2. The molecular formula is C30H29FN6O2. The maximum Gasteiger partial charge on any atom is 0.274 e. The first-order chi connectivity index (χ1) is 18.9. The van der Waals surface area contributed by atoms with E-state index < -0.39 is 11.7 Å². The summed E-state index contributed by atoms with van der Waals surface area (Å²) in [6.07, 6.45) is 10.4. The summed E-state index contributed by atoms with van der Waals surface area (Å²) in [5, 5.41) is 2.70. The quantitative estimate of drug-likeness (QED) is 0.216. The number of ether oxygens (including phenoxy) is 1. The molecule has 0 radical (unpaired) electrons. The third-order valence-corrected chi connectivity index (χ3v) is 6.48. The number of halogens is 1. The number of benzene rings is 2. The molecule has 39 heavy (non-hydrogen) atoms. The van der Waals surface area contributed by atoms with E-state index in [2.05, 4.69) is 32.0 Å². The van der Waals surface area contributed by atoms with Crippen LogP contribution in [0.25, 0.3) is 27.4 Å². The maximum atomic E-state index is 14.4. The summed E-state index contributed by atoms with van der Waals surface area (Å²) in [7, 11) is 1.41. The zero-order valence-electron chi connectivity index (χ0n) is 21.8. The predicted octanol–water partition coefficient (Wildman–Crippen LogP) is 6.94. The van der Waals surface area contributed by atoms with Crippen LogP contribution in [0.4, 0.5) is 21.5 Å². The van der Waals surface area contributed by atoms with Gasteiger partial charge in [-0.05, 0) is 47.9 Å². The Morgan fingerprint density at radius 3 is 2.62 bits per heavy atom. The number of pyridine rings is 1. The number of methoxy groups -OCH3 is 1. The van der Waals surface area contributed by atoms with Crippen molar-refractivity contribution in [2.75, 3.05) is 18.2 Å². The number of amides is 1. The van der Waals surface area contributed by atoms with Gasteiger partial charge in [-0.1, -0.05) is 44.7 Å². The Labute approximate surface area is 226 Å². The molecule has 0 saturated heterocycles. The fourth-order valence-electron chi connectivity index (χ4n) is 4.36. The molecule has 1 saturated carbocycles. The third kappa shape index (κ3) is 6.54. The van der Waals surface area contributed by atoms with Gasteiger partial charge in [0, 0.05) is 24.2 Å². The number of hydrogen-bond acceptors (Lipinski definition) is 6. The number of rotatable bonds is 5. The van der Waals surface area contributed by atoms with Crippen LogP contribution < -0.4 is 15.8 Å². The van der Waals surface area contributed by atoms with Crippen LogP contribution in [-0.4, -0.2) is 28.0 Å². The number of nitrogens with one attached hydrogen (secondary N) is 1. The number of nitrogens with two attached hydrogens (primary N) is 1. The predicted molar refractivity (Wildman–Crippen MR) is 150 cm³/mol. The molecule has 0 atom stereocenters. The second-order valence-electron chi connectivity index (χ2n) is 9.23. The van der Waals surface area contributed by atoms with Gasteiger partial charge in [0.15, 0.2) is 11.5 Å². The molecule has 0 bridgehead atoms. The van der Waals surface area contributed by atoms with Crippen LogP contribution in [0.15, 0.2) is 67.1 Å². The molecule has 1 aliphatic rings. The maximum absolute atomic E-state index is 14.4. The summed E-state index contributed by atoms with van der Waals surface area (Å²) in [5.74, 6) is 0.202. The van der Waals surface area contributed by atoms with Gasteiger partial charge in [-0.2, -0.15) is 0 Å². The molecule has 2 heterocycles. The number of anilines is 2. The van der Waals surface area contributed by atoms with E-state index in [1.165, 1.54) is 57.2 Å². The number of nitrogen functional groups attached to an aromatic ring is 1. The fraction of sp³-hybridized carbons (Fsp3) is 0.233. The average Bonchev–Trinajstić information content (AvgIpc) is 3.45. The first-order valence-electron chi connectivity index (χ1n) is 12.6. The Balaban J connectivity index is 0.000000519. The van der Waals surface area contributed by atoms with Gasteiger partial charge in [0.2, 0.25) is 0 Å². The van der Waals surface area contributed by atoms with E-state index in [1.54, 1.807) is 42.7 Å². The van der Waals surface area contributed by atoms with Crippen molar-refractivity contribution in [3.05, 3.63) is 90.0 Å². The topological polar surface area (TPSA) is 107 Å². The normalized spacial score (nSPS) is 12.7. The van der Waals surface area contributed by atoms with E-state index in [1.807, 2.05) is 0 Å². The molecular weight excluding hydrogens is 495 g/mol. The van der Waals surface area contributed by atoms with Gasteiger partial charge < -0.3 is 15.8 Å². The molecule has 3 N–H and O–H groups in total. The van der Waals surface area contributed by atoms with Gasteiger partial charge in [0.1, 0.15) is 17.3 Å². The highest BCUT2D eigenvalue weighted by molar-refractivity contribution is 6.05. The molecule has 2 aromatic heterocycles. The minimum atomic E-state index is -0.569. The lowest BCUT2D eigenvalue weighted by Gasteiger charge is -2.12. The lowest BCUT2D eigenvalue weighted by molar-refractivity contribution is 0.102. The van der Waals surface area contributed by atoms with Crippen molar-refractivity contribution in [2.45, 2.75) is 32.6 Å². The summed E-state index contributed by atoms with van der Waals surface area (Å²) in [6, 6.07) is 12.4. The summed E-state index contributed by atoms with van der Waals surface area (Å²) in [6.45, 7) is 9.64. The number of aromatic nitrogens is 3. The number of carbonyl (C=O) groups is 1. The van der Waals surface area contributed by atoms with E-state index in [4.69, 9.17) is 17.0 Å². The number of nitrogens with zero attached hydrogens (tertiary/aromatic N) is 4. The fourth-order valence-corrected chi connectivity index (χ4v) is 4.36. The lowest BCUT2D eigenvalue weighted by atomic mass is 10.0. The molecule has 8 nitrogen and oxygen atoms in total. The molecule has 198 valence electrons. The second kappa shape index (κ2) is 12.6. The molecule has 0 unspecified atom stereocenters. The minimum absolute atomic E-state index is 0.0178. The van der Waals surface area contributed by atoms with Crippen molar-refractivity contribution in [2.24, 2.45) is 5.92 Å². The Kier molecular flexibility index (Phi) is 8.79. The Morgan fingerprint density at radius 2 is 1.95 bits per heavy atom. The van der Waals surface area contributed by atoms with Crippen LogP contribution in [0.2, 0.25) is 0 Å². The van der Waals surface area contributed by atoms with E-state index in [0.29, 0.717) is 28.2 Å². The standard InChI is InChI=1S/C24H17FN6O2.C6H12/c1-27-18-8-10-28-13-15(18)14-6-7-19(17(26)12-14)31-24(32)20-9-11-29-23(30-20)22-16(25)4-3-5-21(22)33-2;1-6-4-2-3-5-6/h3-13H,26H2,2H3,(H,31,32);6H,2-5H2,1H3. The van der Waals surface area contributed by atoms with Crippen LogP contribution in [0.3, 0.4) is 0 Å². The van der Waals surface area contributed by atoms with E-state index in [9.17, 15) is 9.18 Å². The van der Waals surface area contributed by atoms with Crippen molar-refractivity contribution >= 4 is 23.0 Å². The largest absolute Gasteiger partial charge is 0.496 e. The highest BCUT2D eigenvalue weighted by atomic mass is 19.1.